The Kier molecular flexibility index (Phi) is 2.49. The van der Waals surface area contributed by atoms with E-state index >= 15 is 0 Å². The maximum atomic E-state index is 12.6. The molecule has 3 aliphatic rings. The minimum absolute atomic E-state index is 0.367. The molecule has 114 valence electrons. The fourth-order valence-electron chi connectivity index (χ4n) is 4.58. The van der Waals surface area contributed by atoms with Crippen molar-refractivity contribution in [2.24, 2.45) is 11.3 Å². The summed E-state index contributed by atoms with van der Waals surface area (Å²) in [6, 6.07) is 3.50. The van der Waals surface area contributed by atoms with Crippen LogP contribution in [0.25, 0.3) is 0 Å². The molecule has 2 aliphatic carbocycles. The maximum absolute atomic E-state index is 12.6. The molecule has 1 aromatic rings. The fraction of sp³-hybridized carbons (Fsp3) is 0.667. The van der Waals surface area contributed by atoms with Gasteiger partial charge in [-0.2, -0.15) is 13.2 Å². The second-order valence-electron chi connectivity index (χ2n) is 6.80. The number of halogens is 3. The van der Waals surface area contributed by atoms with E-state index in [1.807, 2.05) is 11.9 Å². The summed E-state index contributed by atoms with van der Waals surface area (Å²) < 4.78 is 37.7. The summed E-state index contributed by atoms with van der Waals surface area (Å²) in [7, 11) is 4.09. The second kappa shape index (κ2) is 3.91. The summed E-state index contributed by atoms with van der Waals surface area (Å²) in [5.41, 5.74) is -0.176. The van der Waals surface area contributed by atoms with Crippen LogP contribution < -0.4 is 4.90 Å². The molecule has 1 spiro atoms. The first-order valence-corrected chi connectivity index (χ1v) is 7.29. The van der Waals surface area contributed by atoms with E-state index in [1.54, 1.807) is 0 Å². The Hall–Kier alpha value is -1.30. The van der Waals surface area contributed by atoms with Gasteiger partial charge in [0.15, 0.2) is 0 Å². The Morgan fingerprint density at radius 3 is 2.67 bits per heavy atom. The lowest BCUT2D eigenvalue weighted by molar-refractivity contribution is -0.137. The number of rotatable bonds is 2. The lowest BCUT2D eigenvalue weighted by Gasteiger charge is -2.51. The van der Waals surface area contributed by atoms with E-state index < -0.39 is 11.7 Å². The van der Waals surface area contributed by atoms with Gasteiger partial charge in [-0.3, -0.25) is 0 Å². The van der Waals surface area contributed by atoms with Crippen LogP contribution in [0.4, 0.5) is 19.0 Å². The first-order chi connectivity index (χ1) is 9.83. The molecule has 1 aliphatic heterocycles. The molecule has 2 saturated carbocycles. The normalized spacial score (nSPS) is 37.7. The Balaban J connectivity index is 1.52. The predicted octanol–water partition coefficient (Wildman–Crippen LogP) is 2.63. The van der Waals surface area contributed by atoms with Crippen LogP contribution in [0.1, 0.15) is 18.4 Å². The van der Waals surface area contributed by atoms with E-state index in [4.69, 9.17) is 0 Å². The average molecular weight is 297 g/mol. The van der Waals surface area contributed by atoms with Crippen molar-refractivity contribution in [2.75, 3.05) is 25.5 Å². The van der Waals surface area contributed by atoms with Crippen molar-refractivity contribution in [3.8, 4) is 0 Å². The van der Waals surface area contributed by atoms with Crippen molar-refractivity contribution in [3.63, 3.8) is 0 Å². The number of hydrogen-bond acceptors (Lipinski definition) is 3. The van der Waals surface area contributed by atoms with Crippen LogP contribution in [-0.4, -0.2) is 42.6 Å². The van der Waals surface area contributed by atoms with E-state index in [-0.39, 0.29) is 0 Å². The molecule has 4 rings (SSSR count). The molecule has 4 unspecified atom stereocenters. The number of aromatic nitrogens is 1. The number of likely N-dealkylation sites (tertiary alicyclic amines) is 1. The highest BCUT2D eigenvalue weighted by molar-refractivity contribution is 5.44. The Morgan fingerprint density at radius 1 is 1.33 bits per heavy atom. The first-order valence-electron chi connectivity index (χ1n) is 7.29. The molecule has 0 bridgehead atoms. The van der Waals surface area contributed by atoms with Crippen LogP contribution in [0.3, 0.4) is 0 Å². The van der Waals surface area contributed by atoms with Gasteiger partial charge >= 0.3 is 6.18 Å². The van der Waals surface area contributed by atoms with E-state index in [0.29, 0.717) is 23.3 Å². The second-order valence-corrected chi connectivity index (χ2v) is 6.80. The third kappa shape index (κ3) is 1.74. The van der Waals surface area contributed by atoms with Crippen molar-refractivity contribution in [1.29, 1.82) is 0 Å². The van der Waals surface area contributed by atoms with Gasteiger partial charge in [0.1, 0.15) is 5.82 Å². The van der Waals surface area contributed by atoms with Crippen LogP contribution in [0.5, 0.6) is 0 Å². The van der Waals surface area contributed by atoms with E-state index in [0.717, 1.165) is 31.1 Å². The summed E-state index contributed by atoms with van der Waals surface area (Å²) in [5.74, 6) is 1.47. The zero-order chi connectivity index (χ0) is 15.0. The standard InChI is InChI=1S/C15H18F3N3/c1-20-8-10-5-14(10)6-11(13(14)20)21(2)12-4-3-9(7-19-12)15(16,17)18/h3-4,7,10-11,13H,5-6,8H2,1-2H3. The quantitative estimate of drug-likeness (QED) is 0.836. The summed E-state index contributed by atoms with van der Waals surface area (Å²) in [6.07, 6.45) is -0.922. The molecule has 3 nitrogen and oxygen atoms in total. The van der Waals surface area contributed by atoms with E-state index in [1.165, 1.54) is 12.5 Å². The number of hydrogen-bond donors (Lipinski definition) is 0. The van der Waals surface area contributed by atoms with Crippen LogP contribution in [0.15, 0.2) is 18.3 Å². The van der Waals surface area contributed by atoms with Gasteiger partial charge in [0.25, 0.3) is 0 Å². The third-order valence-corrected chi connectivity index (χ3v) is 5.74. The van der Waals surface area contributed by atoms with Gasteiger partial charge in [-0.05, 0) is 43.4 Å². The molecule has 21 heavy (non-hydrogen) atoms. The van der Waals surface area contributed by atoms with E-state index in [9.17, 15) is 13.2 Å². The zero-order valence-electron chi connectivity index (χ0n) is 12.1. The third-order valence-electron chi connectivity index (χ3n) is 5.74. The Morgan fingerprint density at radius 2 is 2.10 bits per heavy atom. The predicted molar refractivity (Wildman–Crippen MR) is 73.0 cm³/mol. The molecule has 6 heteroatoms. The van der Waals surface area contributed by atoms with Gasteiger partial charge in [-0.15, -0.1) is 0 Å². The molecule has 4 atom stereocenters. The number of likely N-dealkylation sites (N-methyl/N-ethyl adjacent to an activating group) is 2. The zero-order valence-corrected chi connectivity index (χ0v) is 12.1. The smallest absolute Gasteiger partial charge is 0.355 e. The summed E-state index contributed by atoms with van der Waals surface area (Å²) in [6.45, 7) is 1.16. The van der Waals surface area contributed by atoms with Crippen molar-refractivity contribution >= 4 is 5.82 Å². The van der Waals surface area contributed by atoms with Crippen LogP contribution in [0.2, 0.25) is 0 Å². The van der Waals surface area contributed by atoms with Crippen LogP contribution in [0, 0.1) is 11.3 Å². The molecule has 0 amide bonds. The molecule has 0 radical (unpaired) electrons. The highest BCUT2D eigenvalue weighted by atomic mass is 19.4. The largest absolute Gasteiger partial charge is 0.417 e. The number of nitrogens with zero attached hydrogens (tertiary/aromatic N) is 3. The first kappa shape index (κ1) is 13.4. The van der Waals surface area contributed by atoms with Crippen molar-refractivity contribution in [3.05, 3.63) is 23.9 Å². The van der Waals surface area contributed by atoms with Gasteiger partial charge in [-0.1, -0.05) is 0 Å². The number of alkyl halides is 3. The van der Waals surface area contributed by atoms with E-state index in [2.05, 4.69) is 16.9 Å². The highest BCUT2D eigenvalue weighted by Gasteiger charge is 2.73. The van der Waals surface area contributed by atoms with Crippen molar-refractivity contribution in [1.82, 2.24) is 9.88 Å². The van der Waals surface area contributed by atoms with Gasteiger partial charge in [0.2, 0.25) is 0 Å². The van der Waals surface area contributed by atoms with Crippen LogP contribution in [-0.2, 0) is 6.18 Å². The summed E-state index contributed by atoms with van der Waals surface area (Å²) in [5, 5.41) is 0. The van der Waals surface area contributed by atoms with Gasteiger partial charge in [0.05, 0.1) is 5.56 Å². The molecular formula is C15H18F3N3. The van der Waals surface area contributed by atoms with Crippen molar-refractivity contribution in [2.45, 2.75) is 31.1 Å². The Bertz CT molecular complexity index is 571. The topological polar surface area (TPSA) is 19.4 Å². The molecule has 3 fully saturated rings. The SMILES string of the molecule is CN1CC2CC23CC(N(C)c2ccc(C(F)(F)F)cn2)C13. The molecular weight excluding hydrogens is 279 g/mol. The molecule has 0 N–H and O–H groups in total. The number of pyridine rings is 1. The van der Waals surface area contributed by atoms with Gasteiger partial charge < -0.3 is 9.80 Å². The molecule has 1 aromatic heterocycles. The Labute approximate surface area is 121 Å². The monoisotopic (exact) mass is 297 g/mol. The van der Waals surface area contributed by atoms with Gasteiger partial charge in [-0.25, -0.2) is 4.98 Å². The number of anilines is 1. The lowest BCUT2D eigenvalue weighted by atomic mass is 9.70. The van der Waals surface area contributed by atoms with Gasteiger partial charge in [0, 0.05) is 31.9 Å². The van der Waals surface area contributed by atoms with Crippen molar-refractivity contribution < 1.29 is 13.2 Å². The lowest BCUT2D eigenvalue weighted by Crippen LogP contribution is -2.61. The minimum Gasteiger partial charge on any atom is -0.355 e. The minimum atomic E-state index is -4.32. The molecule has 2 heterocycles. The molecule has 1 saturated heterocycles. The molecule has 0 aromatic carbocycles. The maximum Gasteiger partial charge on any atom is 0.417 e. The number of piperidine rings is 1. The summed E-state index contributed by atoms with van der Waals surface area (Å²) >= 11 is 0. The fourth-order valence-corrected chi connectivity index (χ4v) is 4.58. The average Bonchev–Trinajstić information content (AvgIpc) is 3.05. The van der Waals surface area contributed by atoms with Crippen LogP contribution >= 0.6 is 0 Å². The summed E-state index contributed by atoms with van der Waals surface area (Å²) in [4.78, 5) is 8.47. The highest BCUT2D eigenvalue weighted by Crippen LogP contribution is 2.71.